The zero-order chi connectivity index (χ0) is 17.5. The lowest BCUT2D eigenvalue weighted by atomic mass is 9.79. The van der Waals surface area contributed by atoms with Crippen molar-refractivity contribution in [3.05, 3.63) is 22.4 Å². The lowest BCUT2D eigenvalue weighted by molar-refractivity contribution is -0.149. The molecule has 0 saturated heterocycles. The largest absolute Gasteiger partial charge is 0.481 e. The summed E-state index contributed by atoms with van der Waals surface area (Å²) in [6.45, 7) is 7.37. The van der Waals surface area contributed by atoms with Crippen LogP contribution in [0.3, 0.4) is 0 Å². The summed E-state index contributed by atoms with van der Waals surface area (Å²) in [6.07, 6.45) is 1.87. The van der Waals surface area contributed by atoms with Crippen LogP contribution in [0, 0.1) is 5.41 Å². The Balaban J connectivity index is 2.74. The fraction of sp³-hybridized carbons (Fsp3) is 0.647. The average Bonchev–Trinajstić information content (AvgIpc) is 2.93. The third-order valence-corrected chi connectivity index (χ3v) is 4.52. The first-order valence-electron chi connectivity index (χ1n) is 7.91. The van der Waals surface area contributed by atoms with Crippen LogP contribution in [0.2, 0.25) is 0 Å². The minimum absolute atomic E-state index is 0.0798. The van der Waals surface area contributed by atoms with Crippen LogP contribution in [0.4, 0.5) is 4.79 Å². The number of hydrogen-bond donors (Lipinski definition) is 2. The van der Waals surface area contributed by atoms with E-state index in [1.165, 1.54) is 0 Å². The molecule has 1 atom stereocenters. The first-order valence-corrected chi connectivity index (χ1v) is 8.79. The highest BCUT2D eigenvalue weighted by Crippen LogP contribution is 2.31. The van der Waals surface area contributed by atoms with E-state index in [1.807, 2.05) is 24.4 Å². The third kappa shape index (κ3) is 6.60. The summed E-state index contributed by atoms with van der Waals surface area (Å²) >= 11 is 1.62. The molecule has 2 N–H and O–H groups in total. The third-order valence-electron chi connectivity index (χ3n) is 3.58. The van der Waals surface area contributed by atoms with E-state index in [1.54, 1.807) is 32.1 Å². The number of carboxylic acids is 1. The Morgan fingerprint density at radius 1 is 1.30 bits per heavy atom. The molecule has 23 heavy (non-hydrogen) atoms. The van der Waals surface area contributed by atoms with Crippen molar-refractivity contribution >= 4 is 23.4 Å². The second kappa shape index (κ2) is 8.34. The van der Waals surface area contributed by atoms with Gasteiger partial charge in [0.2, 0.25) is 0 Å². The fourth-order valence-corrected chi connectivity index (χ4v) is 3.15. The summed E-state index contributed by atoms with van der Waals surface area (Å²) in [4.78, 5) is 24.9. The molecular weight excluding hydrogens is 314 g/mol. The van der Waals surface area contributed by atoms with Crippen LogP contribution in [0.1, 0.15) is 51.8 Å². The van der Waals surface area contributed by atoms with Crippen LogP contribution in [0.5, 0.6) is 0 Å². The SMILES string of the molecule is CCCC(CCc1cccs1)(CNC(=O)OC(C)(C)C)C(=O)O. The molecule has 1 heterocycles. The smallest absolute Gasteiger partial charge is 0.407 e. The molecule has 0 bridgehead atoms. The van der Waals surface area contributed by atoms with Gasteiger partial charge in [0.15, 0.2) is 0 Å². The molecule has 1 rings (SSSR count). The lowest BCUT2D eigenvalue weighted by Crippen LogP contribution is -2.45. The van der Waals surface area contributed by atoms with Gasteiger partial charge in [0.05, 0.1) is 5.41 Å². The zero-order valence-electron chi connectivity index (χ0n) is 14.3. The van der Waals surface area contributed by atoms with E-state index in [9.17, 15) is 14.7 Å². The van der Waals surface area contributed by atoms with Crippen molar-refractivity contribution in [1.82, 2.24) is 5.32 Å². The molecule has 1 aromatic rings. The van der Waals surface area contributed by atoms with Crippen LogP contribution in [0.15, 0.2) is 17.5 Å². The van der Waals surface area contributed by atoms with Crippen molar-refractivity contribution in [2.45, 2.75) is 59.0 Å². The summed E-state index contributed by atoms with van der Waals surface area (Å²) in [5, 5.41) is 14.4. The molecule has 130 valence electrons. The van der Waals surface area contributed by atoms with Crippen molar-refractivity contribution in [3.63, 3.8) is 0 Å². The number of aliphatic carboxylic acids is 1. The Hall–Kier alpha value is -1.56. The molecule has 0 aliphatic carbocycles. The van der Waals surface area contributed by atoms with Gasteiger partial charge in [0.1, 0.15) is 5.60 Å². The molecule has 1 amide bonds. The Morgan fingerprint density at radius 2 is 2.00 bits per heavy atom. The Bertz CT molecular complexity index is 507. The van der Waals surface area contributed by atoms with Gasteiger partial charge in [-0.15, -0.1) is 11.3 Å². The molecule has 5 nitrogen and oxygen atoms in total. The van der Waals surface area contributed by atoms with Crippen LogP contribution in [-0.4, -0.2) is 29.3 Å². The molecule has 1 unspecified atom stereocenters. The molecule has 0 fully saturated rings. The number of hydrogen-bond acceptors (Lipinski definition) is 4. The van der Waals surface area contributed by atoms with Crippen molar-refractivity contribution in [1.29, 1.82) is 0 Å². The molecule has 0 aliphatic rings. The number of rotatable bonds is 8. The van der Waals surface area contributed by atoms with Crippen LogP contribution in [0.25, 0.3) is 0 Å². The standard InChI is InChI=1S/C17H27NO4S/c1-5-9-17(14(19)20,10-8-13-7-6-11-23-13)12-18-15(21)22-16(2,3)4/h6-7,11H,5,8-10,12H2,1-4H3,(H,18,21)(H,19,20). The van der Waals surface area contributed by atoms with E-state index in [4.69, 9.17) is 4.74 Å². The minimum atomic E-state index is -0.963. The van der Waals surface area contributed by atoms with E-state index in [-0.39, 0.29) is 6.54 Å². The maximum absolute atomic E-state index is 11.9. The highest BCUT2D eigenvalue weighted by molar-refractivity contribution is 7.09. The molecule has 0 aliphatic heterocycles. The number of nitrogens with one attached hydrogen (secondary N) is 1. The van der Waals surface area contributed by atoms with Crippen LogP contribution >= 0.6 is 11.3 Å². The summed E-state index contributed by atoms with van der Waals surface area (Å²) in [6, 6.07) is 3.96. The lowest BCUT2D eigenvalue weighted by Gasteiger charge is -2.30. The monoisotopic (exact) mass is 341 g/mol. The zero-order valence-corrected chi connectivity index (χ0v) is 15.2. The Labute approximate surface area is 142 Å². The first-order chi connectivity index (χ1) is 10.7. The van der Waals surface area contributed by atoms with E-state index in [0.717, 1.165) is 11.3 Å². The van der Waals surface area contributed by atoms with E-state index in [2.05, 4.69) is 5.32 Å². The van der Waals surface area contributed by atoms with Gasteiger partial charge in [-0.3, -0.25) is 4.79 Å². The van der Waals surface area contributed by atoms with Gasteiger partial charge in [-0.25, -0.2) is 4.79 Å². The maximum atomic E-state index is 11.9. The predicted octanol–water partition coefficient (Wildman–Crippen LogP) is 4.08. The van der Waals surface area contributed by atoms with Crippen molar-refractivity contribution in [2.75, 3.05) is 6.54 Å². The number of aryl methyl sites for hydroxylation is 1. The summed E-state index contributed by atoms with van der Waals surface area (Å²) < 4.78 is 5.20. The van der Waals surface area contributed by atoms with Crippen molar-refractivity contribution in [3.8, 4) is 0 Å². The van der Waals surface area contributed by atoms with E-state index >= 15 is 0 Å². The number of carbonyl (C=O) groups excluding carboxylic acids is 1. The second-order valence-electron chi connectivity index (χ2n) is 6.77. The highest BCUT2D eigenvalue weighted by Gasteiger charge is 2.38. The van der Waals surface area contributed by atoms with Crippen molar-refractivity contribution in [2.24, 2.45) is 5.41 Å². The Kier molecular flexibility index (Phi) is 7.06. The van der Waals surface area contributed by atoms with Gasteiger partial charge in [-0.2, -0.15) is 0 Å². The van der Waals surface area contributed by atoms with Gasteiger partial charge in [0.25, 0.3) is 0 Å². The first kappa shape index (κ1) is 19.5. The average molecular weight is 341 g/mol. The van der Waals surface area contributed by atoms with E-state index in [0.29, 0.717) is 19.3 Å². The number of thiophene rings is 1. The summed E-state index contributed by atoms with van der Waals surface area (Å²) in [7, 11) is 0. The highest BCUT2D eigenvalue weighted by atomic mass is 32.1. The quantitative estimate of drug-likeness (QED) is 0.747. The molecule has 0 saturated carbocycles. The predicted molar refractivity (Wildman–Crippen MR) is 91.9 cm³/mol. The number of ether oxygens (including phenoxy) is 1. The topological polar surface area (TPSA) is 75.6 Å². The van der Waals surface area contributed by atoms with Gasteiger partial charge in [0, 0.05) is 11.4 Å². The molecule has 1 aromatic heterocycles. The van der Waals surface area contributed by atoms with Gasteiger partial charge >= 0.3 is 12.1 Å². The normalized spacial score (nSPS) is 14.1. The number of carboxylic acid groups (broad SMARTS) is 1. The number of amides is 1. The van der Waals surface area contributed by atoms with Gasteiger partial charge < -0.3 is 15.2 Å². The molecule has 0 spiro atoms. The fourth-order valence-electron chi connectivity index (χ4n) is 2.44. The van der Waals surface area contributed by atoms with Gasteiger partial charge in [-0.1, -0.05) is 19.4 Å². The number of carbonyl (C=O) groups is 2. The van der Waals surface area contributed by atoms with Crippen molar-refractivity contribution < 1.29 is 19.4 Å². The number of alkyl carbamates (subject to hydrolysis) is 1. The Morgan fingerprint density at radius 3 is 2.48 bits per heavy atom. The second-order valence-corrected chi connectivity index (χ2v) is 7.80. The molecular formula is C17H27NO4S. The minimum Gasteiger partial charge on any atom is -0.481 e. The summed E-state index contributed by atoms with van der Waals surface area (Å²) in [5.74, 6) is -0.869. The molecule has 6 heteroatoms. The molecule has 0 radical (unpaired) electrons. The maximum Gasteiger partial charge on any atom is 0.407 e. The van der Waals surface area contributed by atoms with Crippen LogP contribution in [-0.2, 0) is 16.0 Å². The van der Waals surface area contributed by atoms with Gasteiger partial charge in [-0.05, 0) is 51.5 Å². The van der Waals surface area contributed by atoms with Crippen LogP contribution < -0.4 is 5.32 Å². The molecule has 0 aromatic carbocycles. The summed E-state index contributed by atoms with van der Waals surface area (Å²) in [5.41, 5.74) is -1.56. The van der Waals surface area contributed by atoms with E-state index < -0.39 is 23.1 Å².